The number of ketones is 1. The van der Waals surface area contributed by atoms with E-state index in [1.807, 2.05) is 20.8 Å². The molecule has 0 bridgehead atoms. The number of hydrogen-bond acceptors (Lipinski definition) is 1. The average Bonchev–Trinajstić information content (AvgIpc) is 2.23. The standard InChI is InChI=1S/C13H14BrCl3O/c1-13(2,3)12(18)8(14)4-7-5-10(16)11(17)6-9(7)15/h5-6,8H,4H2,1-3H3. The normalized spacial score (nSPS) is 13.5. The third-order valence-electron chi connectivity index (χ3n) is 2.51. The Balaban J connectivity index is 2.92. The first-order chi connectivity index (χ1) is 8.12. The number of rotatable bonds is 3. The van der Waals surface area contributed by atoms with Crippen LogP contribution in [-0.4, -0.2) is 10.6 Å². The molecule has 1 nitrogen and oxygen atoms in total. The molecule has 0 aromatic heterocycles. The predicted octanol–water partition coefficient (Wildman–Crippen LogP) is 5.57. The number of benzene rings is 1. The first-order valence-corrected chi connectivity index (χ1v) is 7.49. The molecule has 0 aliphatic carbocycles. The second kappa shape index (κ2) is 6.13. The Kier molecular flexibility index (Phi) is 5.55. The molecule has 0 amide bonds. The SMILES string of the molecule is CC(C)(C)C(=O)C(Br)Cc1cc(Cl)c(Cl)cc1Cl. The number of carbonyl (C=O) groups is 1. The van der Waals surface area contributed by atoms with Crippen molar-refractivity contribution in [2.45, 2.75) is 32.0 Å². The predicted molar refractivity (Wildman–Crippen MR) is 82.4 cm³/mol. The number of halogens is 4. The molecule has 0 saturated carbocycles. The maximum Gasteiger partial charge on any atom is 0.152 e. The van der Waals surface area contributed by atoms with Crippen molar-refractivity contribution in [2.75, 3.05) is 0 Å². The van der Waals surface area contributed by atoms with Crippen molar-refractivity contribution in [3.8, 4) is 0 Å². The van der Waals surface area contributed by atoms with Gasteiger partial charge in [0.1, 0.15) is 0 Å². The van der Waals surface area contributed by atoms with E-state index in [0.29, 0.717) is 21.5 Å². The van der Waals surface area contributed by atoms with Gasteiger partial charge < -0.3 is 0 Å². The van der Waals surface area contributed by atoms with Crippen LogP contribution < -0.4 is 0 Å². The summed E-state index contributed by atoms with van der Waals surface area (Å²) in [6, 6.07) is 3.30. The molecule has 1 rings (SSSR count). The fourth-order valence-corrected chi connectivity index (χ4v) is 3.16. The van der Waals surface area contributed by atoms with Gasteiger partial charge in [-0.1, -0.05) is 71.5 Å². The summed E-state index contributed by atoms with van der Waals surface area (Å²) >= 11 is 21.3. The van der Waals surface area contributed by atoms with Gasteiger partial charge in [-0.15, -0.1) is 0 Å². The van der Waals surface area contributed by atoms with Gasteiger partial charge in [-0.2, -0.15) is 0 Å². The summed E-state index contributed by atoms with van der Waals surface area (Å²) in [4.78, 5) is 11.8. The van der Waals surface area contributed by atoms with Gasteiger partial charge in [0.2, 0.25) is 0 Å². The Bertz CT molecular complexity index is 466. The van der Waals surface area contributed by atoms with E-state index in [-0.39, 0.29) is 10.6 Å². The molecule has 5 heteroatoms. The summed E-state index contributed by atoms with van der Waals surface area (Å²) in [5.74, 6) is 0.129. The van der Waals surface area contributed by atoms with Crippen molar-refractivity contribution in [3.63, 3.8) is 0 Å². The Labute approximate surface area is 131 Å². The molecule has 1 unspecified atom stereocenters. The fourth-order valence-electron chi connectivity index (χ4n) is 1.48. The van der Waals surface area contributed by atoms with Crippen LogP contribution in [0.1, 0.15) is 26.3 Å². The van der Waals surface area contributed by atoms with Crippen molar-refractivity contribution in [1.29, 1.82) is 0 Å². The van der Waals surface area contributed by atoms with E-state index in [1.54, 1.807) is 12.1 Å². The number of alkyl halides is 1. The number of hydrogen-bond donors (Lipinski definition) is 0. The largest absolute Gasteiger partial charge is 0.298 e. The topological polar surface area (TPSA) is 17.1 Å². The minimum Gasteiger partial charge on any atom is -0.298 e. The molecule has 0 heterocycles. The van der Waals surface area contributed by atoms with Gasteiger partial charge in [-0.25, -0.2) is 0 Å². The number of carbonyl (C=O) groups excluding carboxylic acids is 1. The summed E-state index contributed by atoms with van der Waals surface area (Å²) < 4.78 is 0. The van der Waals surface area contributed by atoms with Gasteiger partial charge >= 0.3 is 0 Å². The van der Waals surface area contributed by atoms with Crippen LogP contribution >= 0.6 is 50.7 Å². The van der Waals surface area contributed by atoms with E-state index in [1.165, 1.54) is 0 Å². The lowest BCUT2D eigenvalue weighted by atomic mass is 9.87. The van der Waals surface area contributed by atoms with Gasteiger partial charge in [0, 0.05) is 10.4 Å². The van der Waals surface area contributed by atoms with E-state index in [0.717, 1.165) is 5.56 Å². The summed E-state index contributed by atoms with van der Waals surface area (Å²) in [6.45, 7) is 5.67. The molecule has 1 aromatic rings. The highest BCUT2D eigenvalue weighted by Gasteiger charge is 2.28. The molecule has 0 aliphatic heterocycles. The third-order valence-corrected chi connectivity index (χ3v) is 4.33. The van der Waals surface area contributed by atoms with E-state index < -0.39 is 5.41 Å². The van der Waals surface area contributed by atoms with Crippen LogP contribution in [0.4, 0.5) is 0 Å². The lowest BCUT2D eigenvalue weighted by molar-refractivity contribution is -0.125. The van der Waals surface area contributed by atoms with Crippen LogP contribution in [0.15, 0.2) is 12.1 Å². The first-order valence-electron chi connectivity index (χ1n) is 5.44. The van der Waals surface area contributed by atoms with Crippen molar-refractivity contribution >= 4 is 56.5 Å². The van der Waals surface area contributed by atoms with E-state index in [9.17, 15) is 4.79 Å². The highest BCUT2D eigenvalue weighted by atomic mass is 79.9. The van der Waals surface area contributed by atoms with Crippen molar-refractivity contribution in [3.05, 3.63) is 32.8 Å². The molecule has 0 aliphatic rings. The van der Waals surface area contributed by atoms with Crippen LogP contribution in [0.25, 0.3) is 0 Å². The highest BCUT2D eigenvalue weighted by Crippen LogP contribution is 2.31. The zero-order valence-electron chi connectivity index (χ0n) is 10.4. The molecule has 0 N–H and O–H groups in total. The maximum absolute atomic E-state index is 12.1. The molecule has 0 spiro atoms. The van der Waals surface area contributed by atoms with Crippen LogP contribution in [0, 0.1) is 5.41 Å². The van der Waals surface area contributed by atoms with Crippen molar-refractivity contribution < 1.29 is 4.79 Å². The van der Waals surface area contributed by atoms with Crippen LogP contribution in [0.2, 0.25) is 15.1 Å². The third kappa shape index (κ3) is 4.12. The second-order valence-electron chi connectivity index (χ2n) is 5.14. The summed E-state index contributed by atoms with van der Waals surface area (Å²) in [5, 5.41) is 1.38. The lowest BCUT2D eigenvalue weighted by Gasteiger charge is -2.21. The second-order valence-corrected chi connectivity index (χ2v) is 7.47. The van der Waals surface area contributed by atoms with Gasteiger partial charge in [-0.3, -0.25) is 4.79 Å². The van der Waals surface area contributed by atoms with Crippen LogP contribution in [0.5, 0.6) is 0 Å². The summed E-state index contributed by atoms with van der Waals surface area (Å²) in [6.07, 6.45) is 0.492. The Morgan fingerprint density at radius 1 is 1.17 bits per heavy atom. The van der Waals surface area contributed by atoms with Gasteiger partial charge in [-0.05, 0) is 24.1 Å². The quantitative estimate of drug-likeness (QED) is 0.501. The highest BCUT2D eigenvalue weighted by molar-refractivity contribution is 9.10. The smallest absolute Gasteiger partial charge is 0.152 e. The number of Topliss-reactive ketones (excluding diaryl/α,β-unsaturated/α-hetero) is 1. The Morgan fingerprint density at radius 2 is 1.67 bits per heavy atom. The van der Waals surface area contributed by atoms with E-state index in [4.69, 9.17) is 34.8 Å². The Morgan fingerprint density at radius 3 is 2.17 bits per heavy atom. The zero-order chi connectivity index (χ0) is 14.1. The first kappa shape index (κ1) is 16.3. The van der Waals surface area contributed by atoms with Crippen LogP contribution in [0.3, 0.4) is 0 Å². The lowest BCUT2D eigenvalue weighted by Crippen LogP contribution is -2.30. The summed E-state index contributed by atoms with van der Waals surface area (Å²) in [7, 11) is 0. The van der Waals surface area contributed by atoms with E-state index in [2.05, 4.69) is 15.9 Å². The van der Waals surface area contributed by atoms with Crippen LogP contribution in [-0.2, 0) is 11.2 Å². The minimum atomic E-state index is -0.392. The van der Waals surface area contributed by atoms with Crippen molar-refractivity contribution in [2.24, 2.45) is 5.41 Å². The molecular formula is C13H14BrCl3O. The zero-order valence-corrected chi connectivity index (χ0v) is 14.2. The molecule has 0 radical (unpaired) electrons. The molecule has 0 fully saturated rings. The van der Waals surface area contributed by atoms with Gasteiger partial charge in [0.15, 0.2) is 5.78 Å². The molecule has 0 saturated heterocycles. The van der Waals surface area contributed by atoms with E-state index >= 15 is 0 Å². The molecule has 100 valence electrons. The monoisotopic (exact) mass is 370 g/mol. The molecule has 1 atom stereocenters. The maximum atomic E-state index is 12.1. The minimum absolute atomic E-state index is 0.129. The molecular weight excluding hydrogens is 358 g/mol. The van der Waals surface area contributed by atoms with Gasteiger partial charge in [0.25, 0.3) is 0 Å². The van der Waals surface area contributed by atoms with Gasteiger partial charge in [0.05, 0.1) is 14.9 Å². The summed E-state index contributed by atoms with van der Waals surface area (Å²) in [5.41, 5.74) is 0.419. The Hall–Kier alpha value is 0.240. The fraction of sp³-hybridized carbons (Fsp3) is 0.462. The van der Waals surface area contributed by atoms with Crippen molar-refractivity contribution in [1.82, 2.24) is 0 Å². The molecule has 1 aromatic carbocycles. The molecule has 18 heavy (non-hydrogen) atoms. The average molecular weight is 373 g/mol.